The van der Waals surface area contributed by atoms with Crippen molar-refractivity contribution in [3.8, 4) is 0 Å². The Morgan fingerprint density at radius 1 is 1.33 bits per heavy atom. The van der Waals surface area contributed by atoms with Crippen LogP contribution in [0.3, 0.4) is 0 Å². The molecule has 2 rings (SSSR count). The number of hydrogen-bond donors (Lipinski definition) is 1. The van der Waals surface area contributed by atoms with Crippen molar-refractivity contribution in [2.24, 2.45) is 0 Å². The van der Waals surface area contributed by atoms with Crippen molar-refractivity contribution in [1.82, 2.24) is 4.31 Å². The Kier molecular flexibility index (Phi) is 4.65. The van der Waals surface area contributed by atoms with Gasteiger partial charge in [-0.1, -0.05) is 11.6 Å². The molecule has 0 unspecified atom stereocenters. The van der Waals surface area contributed by atoms with Crippen LogP contribution in [0, 0.1) is 0 Å². The van der Waals surface area contributed by atoms with Gasteiger partial charge in [-0.2, -0.15) is 4.31 Å². The quantitative estimate of drug-likeness (QED) is 0.867. The van der Waals surface area contributed by atoms with E-state index in [1.807, 2.05) is 0 Å². The van der Waals surface area contributed by atoms with Crippen LogP contribution in [-0.2, 0) is 19.9 Å². The van der Waals surface area contributed by atoms with E-state index < -0.39 is 25.9 Å². The number of hydrogen-bond acceptors (Lipinski definition) is 5. The third-order valence-electron chi connectivity index (χ3n) is 3.45. The number of rotatable bonds is 4. The minimum Gasteiger partial charge on any atom is -0.395 e. The van der Waals surface area contributed by atoms with E-state index in [0.29, 0.717) is 12.8 Å². The summed E-state index contributed by atoms with van der Waals surface area (Å²) in [7, 11) is -7.47. The fourth-order valence-corrected chi connectivity index (χ4v) is 5.26. The average Bonchev–Trinajstić information content (AvgIpc) is 2.86. The molecule has 1 saturated heterocycles. The Morgan fingerprint density at radius 3 is 2.57 bits per heavy atom. The molecular weight excluding hydrogens is 338 g/mol. The maximum absolute atomic E-state index is 12.6. The molecule has 21 heavy (non-hydrogen) atoms. The van der Waals surface area contributed by atoms with Gasteiger partial charge in [-0.05, 0) is 31.0 Å². The average molecular weight is 354 g/mol. The van der Waals surface area contributed by atoms with Crippen LogP contribution in [-0.4, -0.2) is 51.7 Å². The zero-order chi connectivity index (χ0) is 15.8. The number of nitrogens with zero attached hydrogens (tertiary/aromatic N) is 1. The lowest BCUT2D eigenvalue weighted by Crippen LogP contribution is -2.37. The molecule has 1 aromatic rings. The molecule has 1 aliphatic rings. The van der Waals surface area contributed by atoms with Gasteiger partial charge in [-0.3, -0.25) is 0 Å². The summed E-state index contributed by atoms with van der Waals surface area (Å²) in [5, 5.41) is 9.23. The van der Waals surface area contributed by atoms with E-state index in [1.165, 1.54) is 16.4 Å². The topological polar surface area (TPSA) is 91.8 Å². The highest BCUT2D eigenvalue weighted by Gasteiger charge is 2.36. The Hall–Kier alpha value is -0.670. The fraction of sp³-hybridized carbons (Fsp3) is 0.500. The highest BCUT2D eigenvalue weighted by molar-refractivity contribution is 7.91. The third kappa shape index (κ3) is 3.24. The zero-order valence-electron chi connectivity index (χ0n) is 11.4. The normalized spacial score (nSPS) is 20.8. The summed E-state index contributed by atoms with van der Waals surface area (Å²) in [6.45, 7) is 0.00953. The van der Waals surface area contributed by atoms with Gasteiger partial charge in [0.2, 0.25) is 10.0 Å². The fourth-order valence-electron chi connectivity index (χ4n) is 2.35. The predicted octanol–water partition coefficient (Wildman–Crippen LogP) is 0.889. The first-order valence-electron chi connectivity index (χ1n) is 6.30. The number of halogens is 1. The number of sulfone groups is 1. The van der Waals surface area contributed by atoms with Crippen molar-refractivity contribution in [1.29, 1.82) is 0 Å². The Labute approximate surface area is 129 Å². The predicted molar refractivity (Wildman–Crippen MR) is 78.6 cm³/mol. The molecule has 0 aliphatic carbocycles. The van der Waals surface area contributed by atoms with Crippen LogP contribution in [0.5, 0.6) is 0 Å². The van der Waals surface area contributed by atoms with Crippen LogP contribution < -0.4 is 0 Å². The van der Waals surface area contributed by atoms with Gasteiger partial charge in [0.1, 0.15) is 4.90 Å². The Balaban J connectivity index is 2.54. The van der Waals surface area contributed by atoms with Crippen molar-refractivity contribution in [2.75, 3.05) is 19.4 Å². The minimum absolute atomic E-state index is 0.0361. The molecule has 0 spiro atoms. The number of aliphatic hydroxyl groups excluding tert-OH is 1. The third-order valence-corrected chi connectivity index (χ3v) is 6.99. The maximum Gasteiger partial charge on any atom is 0.244 e. The molecule has 118 valence electrons. The molecule has 0 amide bonds. The summed E-state index contributed by atoms with van der Waals surface area (Å²) in [6.07, 6.45) is 2.21. The van der Waals surface area contributed by atoms with Crippen LogP contribution in [0.2, 0.25) is 5.02 Å². The smallest absolute Gasteiger partial charge is 0.244 e. The lowest BCUT2D eigenvalue weighted by atomic mass is 10.2. The van der Waals surface area contributed by atoms with E-state index >= 15 is 0 Å². The van der Waals surface area contributed by atoms with Gasteiger partial charge < -0.3 is 5.11 Å². The van der Waals surface area contributed by atoms with E-state index in [0.717, 1.165) is 12.3 Å². The summed E-state index contributed by atoms with van der Waals surface area (Å²) >= 11 is 5.94. The van der Waals surface area contributed by atoms with Gasteiger partial charge in [0.25, 0.3) is 0 Å². The zero-order valence-corrected chi connectivity index (χ0v) is 13.7. The van der Waals surface area contributed by atoms with Crippen LogP contribution in [0.1, 0.15) is 12.8 Å². The lowest BCUT2D eigenvalue weighted by Gasteiger charge is -2.23. The highest BCUT2D eigenvalue weighted by Crippen LogP contribution is 2.31. The first-order chi connectivity index (χ1) is 9.67. The molecule has 0 aromatic heterocycles. The molecule has 1 N–H and O–H groups in total. The highest BCUT2D eigenvalue weighted by atomic mass is 35.5. The number of sulfonamides is 1. The molecule has 1 aromatic carbocycles. The molecule has 0 radical (unpaired) electrons. The van der Waals surface area contributed by atoms with Crippen LogP contribution in [0.15, 0.2) is 28.0 Å². The summed E-state index contributed by atoms with van der Waals surface area (Å²) in [4.78, 5) is -0.349. The van der Waals surface area contributed by atoms with Crippen LogP contribution >= 0.6 is 11.6 Å². The van der Waals surface area contributed by atoms with Gasteiger partial charge in [0.15, 0.2) is 9.84 Å². The van der Waals surface area contributed by atoms with E-state index in [-0.39, 0.29) is 28.0 Å². The molecule has 0 saturated carbocycles. The first-order valence-corrected chi connectivity index (χ1v) is 10.0. The second-order valence-corrected chi connectivity index (χ2v) is 9.24. The molecule has 1 fully saturated rings. The summed E-state index contributed by atoms with van der Waals surface area (Å²) in [6, 6.07) is 3.10. The second kappa shape index (κ2) is 5.85. The van der Waals surface area contributed by atoms with Crippen molar-refractivity contribution in [3.63, 3.8) is 0 Å². The maximum atomic E-state index is 12.6. The van der Waals surface area contributed by atoms with E-state index in [9.17, 15) is 21.9 Å². The minimum atomic E-state index is -3.94. The summed E-state index contributed by atoms with van der Waals surface area (Å²) in [5.74, 6) is 0. The van der Waals surface area contributed by atoms with Gasteiger partial charge in [0.05, 0.1) is 16.5 Å². The van der Waals surface area contributed by atoms with Crippen molar-refractivity contribution in [3.05, 3.63) is 23.2 Å². The van der Waals surface area contributed by atoms with E-state index in [2.05, 4.69) is 0 Å². The molecule has 9 heteroatoms. The van der Waals surface area contributed by atoms with Crippen LogP contribution in [0.4, 0.5) is 0 Å². The molecule has 1 heterocycles. The number of benzene rings is 1. The Morgan fingerprint density at radius 2 is 2.00 bits per heavy atom. The van der Waals surface area contributed by atoms with Crippen molar-refractivity contribution >= 4 is 31.5 Å². The monoisotopic (exact) mass is 353 g/mol. The Bertz CT molecular complexity index is 745. The molecule has 1 atom stereocenters. The lowest BCUT2D eigenvalue weighted by molar-refractivity contribution is 0.213. The second-order valence-electron chi connectivity index (χ2n) is 4.96. The van der Waals surface area contributed by atoms with Crippen molar-refractivity contribution < 1.29 is 21.9 Å². The van der Waals surface area contributed by atoms with Gasteiger partial charge in [-0.15, -0.1) is 0 Å². The summed E-state index contributed by atoms with van der Waals surface area (Å²) < 4.78 is 49.6. The van der Waals surface area contributed by atoms with E-state index in [1.54, 1.807) is 0 Å². The number of aliphatic hydroxyl groups is 1. The standard InChI is InChI=1S/C12H16ClNO5S2/c1-20(16,17)10-4-5-11(13)12(7-10)21(18,19)14-6-2-3-9(14)8-15/h4-5,7,9,15H,2-3,6,8H2,1H3/t9-/m1/s1. The largest absolute Gasteiger partial charge is 0.395 e. The van der Waals surface area contributed by atoms with Gasteiger partial charge in [0, 0.05) is 18.8 Å². The first kappa shape index (κ1) is 16.7. The molecule has 1 aliphatic heterocycles. The van der Waals surface area contributed by atoms with Gasteiger partial charge >= 0.3 is 0 Å². The molecular formula is C12H16ClNO5S2. The SMILES string of the molecule is CS(=O)(=O)c1ccc(Cl)c(S(=O)(=O)N2CCC[C@@H]2CO)c1. The summed E-state index contributed by atoms with van der Waals surface area (Å²) in [5.41, 5.74) is 0. The van der Waals surface area contributed by atoms with Gasteiger partial charge in [-0.25, -0.2) is 16.8 Å². The molecule has 0 bridgehead atoms. The van der Waals surface area contributed by atoms with Crippen molar-refractivity contribution in [2.45, 2.75) is 28.7 Å². The van der Waals surface area contributed by atoms with Crippen LogP contribution in [0.25, 0.3) is 0 Å². The molecule has 6 nitrogen and oxygen atoms in total. The van der Waals surface area contributed by atoms with E-state index in [4.69, 9.17) is 11.6 Å².